The minimum Gasteiger partial charge on any atom is -0.497 e. The van der Waals surface area contributed by atoms with Crippen molar-refractivity contribution in [2.24, 2.45) is 0 Å². The molecule has 2 aromatic carbocycles. The Morgan fingerprint density at radius 2 is 1.82 bits per heavy atom. The van der Waals surface area contributed by atoms with Crippen LogP contribution in [0.25, 0.3) is 11.4 Å². The third kappa shape index (κ3) is 4.17. The van der Waals surface area contributed by atoms with Crippen LogP contribution in [0.4, 0.5) is 0 Å². The van der Waals surface area contributed by atoms with Crippen LogP contribution in [0.15, 0.2) is 40.9 Å². The fourth-order valence-corrected chi connectivity index (χ4v) is 2.62. The second-order valence-electron chi connectivity index (χ2n) is 5.50. The molecule has 0 aliphatic heterocycles. The quantitative estimate of drug-likeness (QED) is 0.549. The van der Waals surface area contributed by atoms with E-state index >= 15 is 0 Å². The zero-order valence-electron chi connectivity index (χ0n) is 15.4. The molecule has 1 heterocycles. The number of carbonyl (C=O) groups excluding carboxylic acids is 1. The first kappa shape index (κ1) is 19.5. The molecule has 0 aliphatic carbocycles. The lowest BCUT2D eigenvalue weighted by Crippen LogP contribution is -2.07. The SMILES string of the molecule is COc1ccc(-c2noc(COC(=O)c3cc(Cl)ccc3OC)n2)c(OC)c1. The average molecular weight is 405 g/mol. The molecule has 0 unspecified atom stereocenters. The van der Waals surface area contributed by atoms with Gasteiger partial charge in [-0.25, -0.2) is 4.79 Å². The van der Waals surface area contributed by atoms with E-state index in [9.17, 15) is 4.79 Å². The predicted molar refractivity (Wildman–Crippen MR) is 100.0 cm³/mol. The minimum absolute atomic E-state index is 0.127. The van der Waals surface area contributed by atoms with Crippen LogP contribution in [0.3, 0.4) is 0 Å². The van der Waals surface area contributed by atoms with Crippen LogP contribution < -0.4 is 14.2 Å². The molecule has 1 aromatic heterocycles. The molecular formula is C19H17ClN2O6. The number of nitrogens with zero attached hydrogens (tertiary/aromatic N) is 2. The van der Waals surface area contributed by atoms with E-state index < -0.39 is 5.97 Å². The van der Waals surface area contributed by atoms with Crippen molar-refractivity contribution in [3.05, 3.63) is 52.9 Å². The molecule has 0 fully saturated rings. The van der Waals surface area contributed by atoms with Crippen molar-refractivity contribution in [1.29, 1.82) is 0 Å². The molecule has 0 spiro atoms. The van der Waals surface area contributed by atoms with E-state index in [1.54, 1.807) is 37.4 Å². The fraction of sp³-hybridized carbons (Fsp3) is 0.211. The van der Waals surface area contributed by atoms with Gasteiger partial charge in [-0.15, -0.1) is 0 Å². The Morgan fingerprint density at radius 1 is 1.04 bits per heavy atom. The maximum absolute atomic E-state index is 12.3. The summed E-state index contributed by atoms with van der Waals surface area (Å²) >= 11 is 5.93. The zero-order valence-corrected chi connectivity index (χ0v) is 16.1. The van der Waals surface area contributed by atoms with Gasteiger partial charge in [0, 0.05) is 11.1 Å². The van der Waals surface area contributed by atoms with Crippen molar-refractivity contribution < 1.29 is 28.3 Å². The molecule has 3 aromatic rings. The molecule has 0 aliphatic rings. The molecule has 0 amide bonds. The van der Waals surface area contributed by atoms with E-state index in [0.717, 1.165) is 0 Å². The zero-order chi connectivity index (χ0) is 20.1. The highest BCUT2D eigenvalue weighted by atomic mass is 35.5. The van der Waals surface area contributed by atoms with Crippen LogP contribution in [0.2, 0.25) is 5.02 Å². The summed E-state index contributed by atoms with van der Waals surface area (Å²) in [6.45, 7) is -0.208. The van der Waals surface area contributed by atoms with Crippen LogP contribution in [0.5, 0.6) is 17.2 Å². The van der Waals surface area contributed by atoms with Crippen LogP contribution in [-0.2, 0) is 11.3 Å². The molecular weight excluding hydrogens is 388 g/mol. The van der Waals surface area contributed by atoms with Crippen molar-refractivity contribution in [2.75, 3.05) is 21.3 Å². The Morgan fingerprint density at radius 3 is 2.54 bits per heavy atom. The summed E-state index contributed by atoms with van der Waals surface area (Å²) in [6.07, 6.45) is 0. The van der Waals surface area contributed by atoms with Gasteiger partial charge in [0.2, 0.25) is 5.82 Å². The van der Waals surface area contributed by atoms with E-state index in [1.807, 2.05) is 0 Å². The summed E-state index contributed by atoms with van der Waals surface area (Å²) < 4.78 is 26.0. The second-order valence-corrected chi connectivity index (χ2v) is 5.94. The summed E-state index contributed by atoms with van der Waals surface area (Å²) in [5, 5.41) is 4.29. The lowest BCUT2D eigenvalue weighted by Gasteiger charge is -2.08. The van der Waals surface area contributed by atoms with Crippen LogP contribution in [-0.4, -0.2) is 37.4 Å². The van der Waals surface area contributed by atoms with Gasteiger partial charge in [-0.1, -0.05) is 16.8 Å². The van der Waals surface area contributed by atoms with E-state index in [1.165, 1.54) is 20.3 Å². The molecule has 0 atom stereocenters. The highest BCUT2D eigenvalue weighted by Gasteiger charge is 2.18. The second kappa shape index (κ2) is 8.62. The van der Waals surface area contributed by atoms with Gasteiger partial charge in [-0.05, 0) is 30.3 Å². The number of benzene rings is 2. The number of halogens is 1. The van der Waals surface area contributed by atoms with E-state index in [-0.39, 0.29) is 18.1 Å². The number of esters is 1. The Labute approximate surface area is 165 Å². The maximum atomic E-state index is 12.3. The van der Waals surface area contributed by atoms with Gasteiger partial charge in [-0.2, -0.15) is 4.98 Å². The van der Waals surface area contributed by atoms with Crippen LogP contribution >= 0.6 is 11.6 Å². The Hall–Kier alpha value is -3.26. The number of hydrogen-bond acceptors (Lipinski definition) is 8. The molecule has 9 heteroatoms. The molecule has 0 radical (unpaired) electrons. The molecule has 0 bridgehead atoms. The summed E-state index contributed by atoms with van der Waals surface area (Å²) in [5.74, 6) is 1.30. The van der Waals surface area contributed by atoms with Crippen LogP contribution in [0, 0.1) is 0 Å². The standard InChI is InChI=1S/C19H17ClN2O6/c1-24-12-5-6-13(16(9-12)26-3)18-21-17(28-22-18)10-27-19(23)14-8-11(20)4-7-15(14)25-2/h4-9H,10H2,1-3H3. The molecule has 8 nitrogen and oxygen atoms in total. The highest BCUT2D eigenvalue weighted by Crippen LogP contribution is 2.31. The lowest BCUT2D eigenvalue weighted by atomic mass is 10.2. The van der Waals surface area contributed by atoms with Crippen molar-refractivity contribution in [1.82, 2.24) is 10.1 Å². The van der Waals surface area contributed by atoms with Gasteiger partial charge >= 0.3 is 5.97 Å². The van der Waals surface area contributed by atoms with Crippen molar-refractivity contribution in [3.63, 3.8) is 0 Å². The van der Waals surface area contributed by atoms with Gasteiger partial charge in [0.25, 0.3) is 5.89 Å². The normalized spacial score (nSPS) is 10.4. The third-order valence-electron chi connectivity index (χ3n) is 3.83. The summed E-state index contributed by atoms with van der Waals surface area (Å²) in [6, 6.07) is 9.86. The van der Waals surface area contributed by atoms with E-state index in [0.29, 0.717) is 33.7 Å². The smallest absolute Gasteiger partial charge is 0.342 e. The summed E-state index contributed by atoms with van der Waals surface area (Å²) in [5.41, 5.74) is 0.813. The van der Waals surface area contributed by atoms with E-state index in [2.05, 4.69) is 10.1 Å². The third-order valence-corrected chi connectivity index (χ3v) is 4.06. The molecule has 146 valence electrons. The molecule has 0 saturated heterocycles. The fourth-order valence-electron chi connectivity index (χ4n) is 2.45. The van der Waals surface area contributed by atoms with Gasteiger partial charge in [0.05, 0.1) is 26.9 Å². The number of aromatic nitrogens is 2. The first-order chi connectivity index (χ1) is 13.5. The predicted octanol–water partition coefficient (Wildman–Crippen LogP) is 3.77. The van der Waals surface area contributed by atoms with Gasteiger partial charge in [-0.3, -0.25) is 0 Å². The monoisotopic (exact) mass is 404 g/mol. The number of ether oxygens (including phenoxy) is 4. The topological polar surface area (TPSA) is 92.9 Å². The maximum Gasteiger partial charge on any atom is 0.342 e. The number of rotatable bonds is 7. The minimum atomic E-state index is -0.624. The number of hydrogen-bond donors (Lipinski definition) is 0. The first-order valence-electron chi connectivity index (χ1n) is 8.11. The van der Waals surface area contributed by atoms with Crippen molar-refractivity contribution in [2.45, 2.75) is 6.61 Å². The Bertz CT molecular complexity index is 988. The van der Waals surface area contributed by atoms with Gasteiger partial charge in [0.1, 0.15) is 22.8 Å². The molecule has 0 saturated carbocycles. The van der Waals surface area contributed by atoms with Gasteiger partial charge < -0.3 is 23.5 Å². The highest BCUT2D eigenvalue weighted by molar-refractivity contribution is 6.31. The lowest BCUT2D eigenvalue weighted by molar-refractivity contribution is 0.0426. The van der Waals surface area contributed by atoms with Crippen molar-refractivity contribution >= 4 is 17.6 Å². The molecule has 0 N–H and O–H groups in total. The molecule has 3 rings (SSSR count). The van der Waals surface area contributed by atoms with Crippen molar-refractivity contribution in [3.8, 4) is 28.6 Å². The average Bonchev–Trinajstić information content (AvgIpc) is 3.20. The van der Waals surface area contributed by atoms with Gasteiger partial charge in [0.15, 0.2) is 6.61 Å². The Kier molecular flexibility index (Phi) is 6.00. The summed E-state index contributed by atoms with van der Waals surface area (Å²) in [4.78, 5) is 16.6. The summed E-state index contributed by atoms with van der Waals surface area (Å²) in [7, 11) is 4.54. The van der Waals surface area contributed by atoms with E-state index in [4.69, 9.17) is 35.1 Å². The number of methoxy groups -OCH3 is 3. The first-order valence-corrected chi connectivity index (χ1v) is 8.49. The Balaban J connectivity index is 1.74. The van der Waals surface area contributed by atoms with Crippen LogP contribution in [0.1, 0.15) is 16.2 Å². The molecule has 28 heavy (non-hydrogen) atoms. The number of carbonyl (C=O) groups is 1. The largest absolute Gasteiger partial charge is 0.497 e.